The average Bonchev–Trinajstić information content (AvgIpc) is 3.94. The van der Waals surface area contributed by atoms with Gasteiger partial charge in [0.05, 0.1) is 24.0 Å². The molecule has 6 N–H and O–H groups in total. The first kappa shape index (κ1) is 44.4. The number of benzene rings is 3. The van der Waals surface area contributed by atoms with Crippen molar-refractivity contribution in [2.75, 3.05) is 13.1 Å². The van der Waals surface area contributed by atoms with Crippen molar-refractivity contribution in [3.05, 3.63) is 95.8 Å². The van der Waals surface area contributed by atoms with Gasteiger partial charge in [-0.15, -0.1) is 5.10 Å². The summed E-state index contributed by atoms with van der Waals surface area (Å²) in [7, 11) is 0. The highest BCUT2D eigenvalue weighted by atomic mass is 16.5. The number of hydrogen-bond acceptors (Lipinski definition) is 10. The lowest BCUT2D eigenvalue weighted by molar-refractivity contribution is -0.142. The molecule has 3 aromatic carbocycles. The summed E-state index contributed by atoms with van der Waals surface area (Å²) >= 11 is 0. The molecule has 6 rings (SSSR count). The summed E-state index contributed by atoms with van der Waals surface area (Å²) in [6.45, 7) is 3.45. The van der Waals surface area contributed by atoms with Crippen LogP contribution in [0.15, 0.2) is 79.0 Å². The van der Waals surface area contributed by atoms with E-state index in [1.807, 2.05) is 60.7 Å². The minimum Gasteiger partial charge on any atom is -0.445 e. The van der Waals surface area contributed by atoms with Crippen LogP contribution in [0.25, 0.3) is 10.8 Å². The number of fused-ring (bicyclic) bond motifs is 1. The van der Waals surface area contributed by atoms with Crippen molar-refractivity contribution in [3.8, 4) is 0 Å². The molecule has 1 aliphatic heterocycles. The lowest BCUT2D eigenvalue weighted by Crippen LogP contribution is -2.56. The topological polar surface area (TPSA) is 228 Å². The van der Waals surface area contributed by atoms with E-state index < -0.39 is 65.3 Å². The predicted molar refractivity (Wildman–Crippen MR) is 225 cm³/mol. The Labute approximate surface area is 354 Å². The monoisotopic (exact) mass is 836 g/mol. The summed E-state index contributed by atoms with van der Waals surface area (Å²) in [4.78, 5) is 82.2. The highest BCUT2D eigenvalue weighted by Gasteiger charge is 2.45. The zero-order valence-corrected chi connectivity index (χ0v) is 34.8. The van der Waals surface area contributed by atoms with Gasteiger partial charge < -0.3 is 36.4 Å². The molecule has 2 aliphatic rings. The molecule has 16 nitrogen and oxygen atoms in total. The Morgan fingerprint density at radius 2 is 1.62 bits per heavy atom. The van der Waals surface area contributed by atoms with E-state index >= 15 is 0 Å². The van der Waals surface area contributed by atoms with Crippen LogP contribution in [0.1, 0.15) is 106 Å². The first-order valence-corrected chi connectivity index (χ1v) is 21.1. The van der Waals surface area contributed by atoms with Crippen molar-refractivity contribution >= 4 is 46.3 Å². The Kier molecular flexibility index (Phi) is 14.8. The molecule has 4 atom stereocenters. The van der Waals surface area contributed by atoms with E-state index in [1.54, 1.807) is 26.0 Å². The molecule has 1 saturated heterocycles. The van der Waals surface area contributed by atoms with Gasteiger partial charge in [0.2, 0.25) is 17.6 Å². The number of ether oxygens (including phenoxy) is 1. The van der Waals surface area contributed by atoms with Gasteiger partial charge in [-0.1, -0.05) is 98.0 Å². The highest BCUT2D eigenvalue weighted by Crippen LogP contribution is 2.34. The second kappa shape index (κ2) is 20.4. The van der Waals surface area contributed by atoms with E-state index in [1.165, 1.54) is 15.8 Å². The number of Topliss-reactive ketones (excluding diaryl/α,β-unsaturated/α-hetero) is 1. The zero-order chi connectivity index (χ0) is 43.5. The van der Waals surface area contributed by atoms with Crippen molar-refractivity contribution in [1.29, 1.82) is 0 Å². The van der Waals surface area contributed by atoms with Crippen LogP contribution in [0.3, 0.4) is 0 Å². The molecule has 1 unspecified atom stereocenters. The maximum atomic E-state index is 14.9. The van der Waals surface area contributed by atoms with Crippen LogP contribution >= 0.6 is 0 Å². The number of nitrogens with zero attached hydrogens (tertiary/aromatic N) is 4. The minimum absolute atomic E-state index is 0.0170. The minimum atomic E-state index is -1.36. The molecule has 1 aromatic heterocycles. The number of ketones is 1. The molecular weight excluding hydrogens is 781 g/mol. The van der Waals surface area contributed by atoms with Crippen molar-refractivity contribution in [2.24, 2.45) is 11.7 Å². The summed E-state index contributed by atoms with van der Waals surface area (Å²) in [5.74, 6) is -3.67. The van der Waals surface area contributed by atoms with Gasteiger partial charge in [-0.05, 0) is 73.9 Å². The number of aromatic nitrogens is 3. The molecule has 0 radical (unpaired) electrons. The molecule has 1 saturated carbocycles. The number of aliphatic hydroxyl groups is 1. The summed E-state index contributed by atoms with van der Waals surface area (Å²) in [6, 6.07) is 18.1. The van der Waals surface area contributed by atoms with E-state index in [2.05, 4.69) is 26.3 Å². The molecule has 0 spiro atoms. The SMILES string of the molecule is CC(C)(O)c1cnnn1[C@H]1C[C@@H](C(=O)NC(CCCCNC(=O)OCc2ccccc2)C(=O)C(N)=O)N(C(=O)[C@@H](CC2CCCCC2)NC(=O)c2ccc3ccccc3c2)C1. The van der Waals surface area contributed by atoms with Crippen molar-refractivity contribution in [2.45, 2.75) is 114 Å². The normalized spacial score (nSPS) is 17.9. The molecule has 1 aliphatic carbocycles. The molecule has 4 aromatic rings. The Balaban J connectivity index is 1.19. The summed E-state index contributed by atoms with van der Waals surface area (Å²) in [5.41, 5.74) is 5.66. The van der Waals surface area contributed by atoms with Crippen LogP contribution in [0, 0.1) is 5.92 Å². The summed E-state index contributed by atoms with van der Waals surface area (Å²) in [5, 5.41) is 29.4. The van der Waals surface area contributed by atoms with Gasteiger partial charge >= 0.3 is 6.09 Å². The first-order chi connectivity index (χ1) is 29.3. The fourth-order valence-electron chi connectivity index (χ4n) is 8.33. The van der Waals surface area contributed by atoms with Gasteiger partial charge in [0.1, 0.15) is 24.3 Å². The first-order valence-electron chi connectivity index (χ1n) is 21.1. The fourth-order valence-corrected chi connectivity index (χ4v) is 8.33. The number of carbonyl (C=O) groups is 6. The number of hydrogen-bond donors (Lipinski definition) is 5. The maximum Gasteiger partial charge on any atom is 0.407 e. The van der Waals surface area contributed by atoms with Gasteiger partial charge in [-0.25, -0.2) is 9.48 Å². The Morgan fingerprint density at radius 1 is 0.902 bits per heavy atom. The Morgan fingerprint density at radius 3 is 2.34 bits per heavy atom. The second-order valence-electron chi connectivity index (χ2n) is 16.6. The number of alkyl carbamates (subject to hydrolysis) is 1. The summed E-state index contributed by atoms with van der Waals surface area (Å²) in [6.07, 6.45) is 6.86. The number of nitrogens with two attached hydrogens (primary N) is 1. The number of unbranched alkanes of at least 4 members (excludes halogenated alkanes) is 1. The largest absolute Gasteiger partial charge is 0.445 e. The lowest BCUT2D eigenvalue weighted by Gasteiger charge is -2.32. The van der Waals surface area contributed by atoms with E-state index in [0.717, 1.165) is 48.4 Å². The van der Waals surface area contributed by atoms with Gasteiger partial charge in [-0.3, -0.25) is 24.0 Å². The molecular formula is C45H56N8O8. The third-order valence-electron chi connectivity index (χ3n) is 11.6. The third kappa shape index (κ3) is 11.8. The van der Waals surface area contributed by atoms with Crippen LogP contribution in [-0.4, -0.2) is 91.7 Å². The van der Waals surface area contributed by atoms with E-state index in [-0.39, 0.29) is 38.5 Å². The second-order valence-corrected chi connectivity index (χ2v) is 16.6. The summed E-state index contributed by atoms with van der Waals surface area (Å²) < 4.78 is 6.74. The quantitative estimate of drug-likeness (QED) is 0.0709. The van der Waals surface area contributed by atoms with E-state index in [4.69, 9.17) is 10.5 Å². The zero-order valence-electron chi connectivity index (χ0n) is 34.8. The number of nitrogens with one attached hydrogen (secondary N) is 3. The van der Waals surface area contributed by atoms with Crippen LogP contribution in [-0.2, 0) is 36.1 Å². The molecule has 2 fully saturated rings. The van der Waals surface area contributed by atoms with E-state index in [0.29, 0.717) is 30.5 Å². The van der Waals surface area contributed by atoms with Crippen molar-refractivity contribution in [3.63, 3.8) is 0 Å². The number of amides is 5. The fraction of sp³-hybridized carbons (Fsp3) is 0.467. The molecule has 5 amide bonds. The van der Waals surface area contributed by atoms with E-state index in [9.17, 15) is 33.9 Å². The standard InChI is InChI=1S/C45H56N8O8/c1-45(2,60)38-26-48-51-53(38)34-25-37(42(57)49-35(39(54)40(46)55)19-11-12-22-47-44(59)61-28-30-15-7-4-8-16-30)52(27-34)43(58)36(23-29-13-5-3-6-14-29)50-41(56)33-21-20-31-17-9-10-18-32(31)24-33/h4,7-10,15-18,20-21,24,26,29,34-37,60H,3,5-6,11-14,19,22-23,25,27-28H2,1-2H3,(H2,46,55)(H,47,59)(H,49,57)(H,50,56)/t34-,35?,36+,37-/m0/s1. The van der Waals surface area contributed by atoms with Gasteiger partial charge in [0.15, 0.2) is 0 Å². The highest BCUT2D eigenvalue weighted by molar-refractivity contribution is 6.37. The average molecular weight is 837 g/mol. The molecule has 61 heavy (non-hydrogen) atoms. The smallest absolute Gasteiger partial charge is 0.407 e. The molecule has 324 valence electrons. The third-order valence-corrected chi connectivity index (χ3v) is 11.6. The Bertz CT molecular complexity index is 2180. The predicted octanol–water partition coefficient (Wildman–Crippen LogP) is 4.21. The number of primary amides is 1. The molecule has 0 bridgehead atoms. The molecule has 16 heteroatoms. The van der Waals surface area contributed by atoms with Gasteiger partial charge in [0.25, 0.3) is 11.8 Å². The van der Waals surface area contributed by atoms with Gasteiger partial charge in [0, 0.05) is 25.1 Å². The molecule has 2 heterocycles. The van der Waals surface area contributed by atoms with Crippen molar-refractivity contribution in [1.82, 2.24) is 35.8 Å². The van der Waals surface area contributed by atoms with Crippen LogP contribution in [0.5, 0.6) is 0 Å². The Hall–Kier alpha value is -6.16. The number of carbonyl (C=O) groups excluding carboxylic acids is 6. The van der Waals surface area contributed by atoms with Gasteiger partial charge in [-0.2, -0.15) is 0 Å². The van der Waals surface area contributed by atoms with Crippen LogP contribution in [0.2, 0.25) is 0 Å². The van der Waals surface area contributed by atoms with Crippen molar-refractivity contribution < 1.29 is 38.6 Å². The number of rotatable bonds is 18. The van der Waals surface area contributed by atoms with Crippen LogP contribution in [0.4, 0.5) is 4.79 Å². The lowest BCUT2D eigenvalue weighted by atomic mass is 9.84. The van der Waals surface area contributed by atoms with Crippen LogP contribution < -0.4 is 21.7 Å². The number of likely N-dealkylation sites (tertiary alicyclic amines) is 1. The maximum absolute atomic E-state index is 14.9.